The Bertz CT molecular complexity index is 2000. The van der Waals surface area contributed by atoms with Gasteiger partial charge in [-0.05, 0) is 64.8 Å². The highest BCUT2D eigenvalue weighted by atomic mass is 32.1. The monoisotopic (exact) mass is 631 g/mol. The number of thiophene rings is 1. The maximum absolute atomic E-state index is 15.9. The zero-order valence-corrected chi connectivity index (χ0v) is 24.9. The second-order valence-corrected chi connectivity index (χ2v) is 13.7. The van der Waals surface area contributed by atoms with Crippen LogP contribution in [0, 0.1) is 11.2 Å². The maximum atomic E-state index is 15.9. The Morgan fingerprint density at radius 2 is 1.78 bits per heavy atom. The Hall–Kier alpha value is -4.09. The number of carbonyl (C=O) groups is 1. The van der Waals surface area contributed by atoms with Crippen LogP contribution in [0.4, 0.5) is 13.2 Å². The lowest BCUT2D eigenvalue weighted by atomic mass is 9.71. The third-order valence-electron chi connectivity index (χ3n) is 10.6. The number of halogens is 3. The number of carbonyl (C=O) groups excluding carboxylic acids is 1. The Morgan fingerprint density at radius 1 is 0.978 bits per heavy atom. The lowest BCUT2D eigenvalue weighted by molar-refractivity contribution is -0.0430. The minimum absolute atomic E-state index is 0.109. The maximum Gasteiger partial charge on any atom is 0.280 e. The van der Waals surface area contributed by atoms with Gasteiger partial charge in [0.15, 0.2) is 11.4 Å². The molecule has 4 aromatic rings. The van der Waals surface area contributed by atoms with Crippen molar-refractivity contribution in [1.82, 2.24) is 9.58 Å². The van der Waals surface area contributed by atoms with E-state index in [1.54, 1.807) is 16.3 Å². The number of hydrogen-bond acceptors (Lipinski definition) is 6. The summed E-state index contributed by atoms with van der Waals surface area (Å²) in [6.07, 6.45) is 3.32. The van der Waals surface area contributed by atoms with Gasteiger partial charge in [-0.3, -0.25) is 19.3 Å². The number of piperidine rings is 1. The zero-order chi connectivity index (χ0) is 30.8. The molecule has 1 N–H and O–H groups in total. The molecule has 5 aliphatic rings. The molecule has 9 rings (SSSR count). The van der Waals surface area contributed by atoms with Gasteiger partial charge in [0, 0.05) is 54.4 Å². The Labute approximate surface area is 260 Å². The molecule has 45 heavy (non-hydrogen) atoms. The van der Waals surface area contributed by atoms with E-state index in [1.165, 1.54) is 28.3 Å². The van der Waals surface area contributed by atoms with Crippen LogP contribution in [-0.2, 0) is 17.1 Å². The van der Waals surface area contributed by atoms with Crippen molar-refractivity contribution in [3.63, 3.8) is 0 Å². The van der Waals surface area contributed by atoms with Crippen LogP contribution in [0.5, 0.6) is 5.75 Å². The van der Waals surface area contributed by atoms with Gasteiger partial charge in [0.1, 0.15) is 12.0 Å². The van der Waals surface area contributed by atoms with Crippen molar-refractivity contribution >= 4 is 17.2 Å². The van der Waals surface area contributed by atoms with E-state index in [0.717, 1.165) is 41.3 Å². The average molecular weight is 632 g/mol. The number of amides is 1. The third-order valence-corrected chi connectivity index (χ3v) is 11.7. The summed E-state index contributed by atoms with van der Waals surface area (Å²) in [7, 11) is 0. The van der Waals surface area contributed by atoms with Gasteiger partial charge in [0.25, 0.3) is 11.8 Å². The molecule has 2 atom stereocenters. The summed E-state index contributed by atoms with van der Waals surface area (Å²) in [5, 5.41) is 14.8. The highest BCUT2D eigenvalue weighted by Gasteiger charge is 2.53. The van der Waals surface area contributed by atoms with Crippen molar-refractivity contribution < 1.29 is 27.8 Å². The van der Waals surface area contributed by atoms with E-state index in [1.807, 2.05) is 29.3 Å². The molecular formula is C34H28F3N3O4S. The molecule has 3 aliphatic heterocycles. The first-order valence-electron chi connectivity index (χ1n) is 15.2. The van der Waals surface area contributed by atoms with Crippen LogP contribution in [0.15, 0.2) is 58.8 Å². The van der Waals surface area contributed by atoms with Crippen molar-refractivity contribution in [2.24, 2.45) is 5.41 Å². The number of nitrogens with zero attached hydrogens (tertiary/aromatic N) is 3. The number of aromatic hydroxyl groups is 1. The number of fused-ring (bicyclic) bond motifs is 4. The lowest BCUT2D eigenvalue weighted by Crippen LogP contribution is -2.66. The molecule has 1 spiro atoms. The topological polar surface area (TPSA) is 75.0 Å². The van der Waals surface area contributed by atoms with E-state index in [4.69, 9.17) is 4.74 Å². The molecule has 11 heteroatoms. The van der Waals surface area contributed by atoms with Gasteiger partial charge in [0.2, 0.25) is 5.43 Å². The summed E-state index contributed by atoms with van der Waals surface area (Å²) < 4.78 is 54.6. The number of aromatic nitrogens is 1. The molecule has 2 aliphatic carbocycles. The first-order valence-corrected chi connectivity index (χ1v) is 16.1. The normalized spacial score (nSPS) is 23.6. The second kappa shape index (κ2) is 9.23. The number of rotatable bonds is 1. The van der Waals surface area contributed by atoms with Gasteiger partial charge in [-0.15, -0.1) is 11.3 Å². The smallest absolute Gasteiger partial charge is 0.280 e. The molecule has 0 radical (unpaired) electrons. The van der Waals surface area contributed by atoms with Crippen LogP contribution in [0.2, 0.25) is 0 Å². The molecule has 0 saturated carbocycles. The summed E-state index contributed by atoms with van der Waals surface area (Å²) in [6, 6.07) is 10.9. The molecule has 7 nitrogen and oxygen atoms in total. The molecule has 2 aromatic carbocycles. The lowest BCUT2D eigenvalue weighted by Gasteiger charge is -2.56. The predicted molar refractivity (Wildman–Crippen MR) is 162 cm³/mol. The highest BCUT2D eigenvalue weighted by Crippen LogP contribution is 2.59. The van der Waals surface area contributed by atoms with Crippen molar-refractivity contribution in [3.8, 4) is 27.3 Å². The van der Waals surface area contributed by atoms with Gasteiger partial charge < -0.3 is 14.7 Å². The average Bonchev–Trinajstić information content (AvgIpc) is 3.39. The van der Waals surface area contributed by atoms with Crippen LogP contribution in [0.3, 0.4) is 0 Å². The number of hydrogen-bond donors (Lipinski definition) is 1. The van der Waals surface area contributed by atoms with Gasteiger partial charge in [-0.25, -0.2) is 13.2 Å². The Balaban J connectivity index is 1.37. The van der Waals surface area contributed by atoms with Gasteiger partial charge >= 0.3 is 0 Å². The number of pyridine rings is 1. The van der Waals surface area contributed by atoms with Crippen molar-refractivity contribution in [3.05, 3.63) is 98.0 Å². The summed E-state index contributed by atoms with van der Waals surface area (Å²) in [6.45, 7) is 1.62. The SMILES string of the molecule is O=C1c2c(O)c(=O)ccn2N(C2c3ccccc3-c3scc4c3-c3c2ccc(F)c3C(F)(F)C4)C2CC3(CCOCC3)CCN12. The van der Waals surface area contributed by atoms with E-state index < -0.39 is 53.0 Å². The first-order chi connectivity index (χ1) is 21.7. The first kappa shape index (κ1) is 27.2. The summed E-state index contributed by atoms with van der Waals surface area (Å²) in [4.78, 5) is 29.3. The molecular weight excluding hydrogens is 603 g/mol. The van der Waals surface area contributed by atoms with Crippen LogP contribution >= 0.6 is 11.3 Å². The third kappa shape index (κ3) is 3.62. The van der Waals surface area contributed by atoms with Crippen molar-refractivity contribution in [1.29, 1.82) is 0 Å². The summed E-state index contributed by atoms with van der Waals surface area (Å²) in [5.41, 5.74) is 1.86. The summed E-state index contributed by atoms with van der Waals surface area (Å²) in [5.74, 6) is -5.50. The van der Waals surface area contributed by atoms with Gasteiger partial charge in [0.05, 0.1) is 11.6 Å². The molecule has 1 amide bonds. The fourth-order valence-corrected chi connectivity index (χ4v) is 9.61. The van der Waals surface area contributed by atoms with E-state index in [-0.39, 0.29) is 16.7 Å². The second-order valence-electron chi connectivity index (χ2n) is 12.9. The molecule has 2 fully saturated rings. The molecule has 230 valence electrons. The molecule has 2 unspecified atom stereocenters. The zero-order valence-electron chi connectivity index (χ0n) is 24.1. The van der Waals surface area contributed by atoms with Crippen LogP contribution in [0.25, 0.3) is 21.6 Å². The van der Waals surface area contributed by atoms with Crippen molar-refractivity contribution in [2.75, 3.05) is 24.8 Å². The van der Waals surface area contributed by atoms with Crippen LogP contribution in [-0.4, -0.2) is 46.5 Å². The van der Waals surface area contributed by atoms with E-state index in [9.17, 15) is 14.7 Å². The fourth-order valence-electron chi connectivity index (χ4n) is 8.49. The predicted octanol–water partition coefficient (Wildman–Crippen LogP) is 6.15. The highest BCUT2D eigenvalue weighted by molar-refractivity contribution is 7.14. The summed E-state index contributed by atoms with van der Waals surface area (Å²) >= 11 is 1.37. The molecule has 2 saturated heterocycles. The van der Waals surface area contributed by atoms with E-state index in [0.29, 0.717) is 42.9 Å². The van der Waals surface area contributed by atoms with E-state index in [2.05, 4.69) is 0 Å². The largest absolute Gasteiger partial charge is 0.502 e. The standard InChI is InChI=1S/C34H28F3N3O4S/c35-22-6-5-21-26-25-18(15-34(36,37)27(22)26)17-45-31(25)20-4-2-1-3-19(20)28(21)40-24-16-33(9-13-44-14-10-33)8-12-38(24)32(43)29-30(42)23(41)7-11-39(29)40/h1-7,11,17,24,28,42H,8-10,12-16H2. The van der Waals surface area contributed by atoms with E-state index >= 15 is 13.2 Å². The number of benzene rings is 2. The van der Waals surface area contributed by atoms with Gasteiger partial charge in [-0.1, -0.05) is 30.3 Å². The Morgan fingerprint density at radius 3 is 2.60 bits per heavy atom. The quantitative estimate of drug-likeness (QED) is 0.273. The number of alkyl halides is 2. The fraction of sp³-hybridized carbons (Fsp3) is 0.353. The van der Waals surface area contributed by atoms with Gasteiger partial charge in [-0.2, -0.15) is 0 Å². The minimum Gasteiger partial charge on any atom is -0.502 e. The molecule has 5 heterocycles. The van der Waals surface area contributed by atoms with Crippen LogP contribution in [0.1, 0.15) is 64.5 Å². The number of ether oxygens (including phenoxy) is 1. The Kier molecular flexibility index (Phi) is 5.59. The van der Waals surface area contributed by atoms with Crippen LogP contribution < -0.4 is 10.4 Å². The molecule has 0 bridgehead atoms. The minimum atomic E-state index is -3.43. The molecule has 2 aromatic heterocycles. The van der Waals surface area contributed by atoms with Crippen molar-refractivity contribution in [2.45, 2.75) is 50.2 Å².